The van der Waals surface area contributed by atoms with Gasteiger partial charge >= 0.3 is 6.18 Å². The van der Waals surface area contributed by atoms with Gasteiger partial charge in [0.15, 0.2) is 0 Å². The predicted molar refractivity (Wildman–Crippen MR) is 57.7 cm³/mol. The van der Waals surface area contributed by atoms with Gasteiger partial charge in [0.25, 0.3) is 0 Å². The molecular formula is C11H9F3N2O. The molecular weight excluding hydrogens is 233 g/mol. The standard InChI is InChI=1S/C11H9F3N2O/c1-17-10-5-9-6(4-8(10)15)7(2-3-16-9)11(12,13)14/h2-5H,15H2,1H3. The lowest BCUT2D eigenvalue weighted by molar-refractivity contribution is -0.136. The van der Waals surface area contributed by atoms with Crippen molar-refractivity contribution in [1.82, 2.24) is 4.98 Å². The van der Waals surface area contributed by atoms with E-state index in [0.717, 1.165) is 12.3 Å². The number of ether oxygens (including phenoxy) is 1. The minimum Gasteiger partial charge on any atom is -0.495 e. The highest BCUT2D eigenvalue weighted by molar-refractivity contribution is 5.88. The van der Waals surface area contributed by atoms with Crippen LogP contribution in [0, 0.1) is 0 Å². The van der Waals surface area contributed by atoms with Crippen LogP contribution in [0.15, 0.2) is 24.4 Å². The SMILES string of the molecule is COc1cc2nccc(C(F)(F)F)c2cc1N. The third-order valence-electron chi connectivity index (χ3n) is 2.40. The molecule has 2 aromatic rings. The largest absolute Gasteiger partial charge is 0.495 e. The maximum Gasteiger partial charge on any atom is 0.417 e. The minimum atomic E-state index is -4.43. The van der Waals surface area contributed by atoms with E-state index in [1.165, 1.54) is 19.2 Å². The molecule has 0 spiro atoms. The predicted octanol–water partition coefficient (Wildman–Crippen LogP) is 2.84. The van der Waals surface area contributed by atoms with E-state index in [-0.39, 0.29) is 16.6 Å². The summed E-state index contributed by atoms with van der Waals surface area (Å²) in [6, 6.07) is 3.54. The number of hydrogen-bond donors (Lipinski definition) is 1. The lowest BCUT2D eigenvalue weighted by Crippen LogP contribution is -2.06. The quantitative estimate of drug-likeness (QED) is 0.782. The van der Waals surface area contributed by atoms with Crippen LogP contribution >= 0.6 is 0 Å². The average molecular weight is 242 g/mol. The van der Waals surface area contributed by atoms with Crippen molar-refractivity contribution in [1.29, 1.82) is 0 Å². The molecule has 0 radical (unpaired) electrons. The van der Waals surface area contributed by atoms with E-state index in [4.69, 9.17) is 10.5 Å². The van der Waals surface area contributed by atoms with Gasteiger partial charge in [-0.25, -0.2) is 0 Å². The highest BCUT2D eigenvalue weighted by Crippen LogP contribution is 2.36. The number of hydrogen-bond acceptors (Lipinski definition) is 3. The normalized spacial score (nSPS) is 11.8. The van der Waals surface area contributed by atoms with Crippen molar-refractivity contribution in [2.24, 2.45) is 0 Å². The van der Waals surface area contributed by atoms with E-state index in [2.05, 4.69) is 4.98 Å². The fourth-order valence-electron chi connectivity index (χ4n) is 1.61. The smallest absolute Gasteiger partial charge is 0.417 e. The van der Waals surface area contributed by atoms with Crippen LogP contribution in [-0.2, 0) is 6.18 Å². The summed E-state index contributed by atoms with van der Waals surface area (Å²) in [6.07, 6.45) is -3.32. The molecule has 1 heterocycles. The summed E-state index contributed by atoms with van der Waals surface area (Å²) in [6.45, 7) is 0. The zero-order chi connectivity index (χ0) is 12.6. The first-order valence-corrected chi connectivity index (χ1v) is 4.73. The summed E-state index contributed by atoms with van der Waals surface area (Å²) in [5.41, 5.74) is 5.19. The Bertz CT molecular complexity index is 566. The zero-order valence-corrected chi connectivity index (χ0v) is 8.88. The second-order valence-corrected chi connectivity index (χ2v) is 3.47. The van der Waals surface area contributed by atoms with Gasteiger partial charge in [0.05, 0.1) is 23.9 Å². The number of rotatable bonds is 1. The highest BCUT2D eigenvalue weighted by Gasteiger charge is 2.32. The van der Waals surface area contributed by atoms with Crippen molar-refractivity contribution >= 4 is 16.6 Å². The maximum atomic E-state index is 12.7. The Balaban J connectivity index is 2.78. The van der Waals surface area contributed by atoms with Crippen LogP contribution in [-0.4, -0.2) is 12.1 Å². The monoisotopic (exact) mass is 242 g/mol. The molecule has 0 unspecified atom stereocenters. The molecule has 0 fully saturated rings. The topological polar surface area (TPSA) is 48.1 Å². The first-order valence-electron chi connectivity index (χ1n) is 4.73. The Morgan fingerprint density at radius 2 is 2.00 bits per heavy atom. The third-order valence-corrected chi connectivity index (χ3v) is 2.40. The van der Waals surface area contributed by atoms with Crippen LogP contribution in [0.1, 0.15) is 5.56 Å². The summed E-state index contributed by atoms with van der Waals surface area (Å²) in [4.78, 5) is 3.87. The molecule has 2 rings (SSSR count). The Morgan fingerprint density at radius 3 is 2.59 bits per heavy atom. The molecule has 0 saturated heterocycles. The van der Waals surface area contributed by atoms with Crippen molar-refractivity contribution in [2.75, 3.05) is 12.8 Å². The number of halogens is 3. The number of methoxy groups -OCH3 is 1. The van der Waals surface area contributed by atoms with E-state index in [9.17, 15) is 13.2 Å². The lowest BCUT2D eigenvalue weighted by Gasteiger charge is -2.11. The Labute approximate surface area is 95.0 Å². The summed E-state index contributed by atoms with van der Waals surface area (Å²) in [7, 11) is 1.39. The molecule has 1 aromatic carbocycles. The first kappa shape index (κ1) is 11.5. The van der Waals surface area contributed by atoms with Crippen molar-refractivity contribution in [3.63, 3.8) is 0 Å². The van der Waals surface area contributed by atoms with Crippen LogP contribution in [0.2, 0.25) is 0 Å². The van der Waals surface area contributed by atoms with E-state index >= 15 is 0 Å². The van der Waals surface area contributed by atoms with Gasteiger partial charge in [-0.2, -0.15) is 13.2 Å². The maximum absolute atomic E-state index is 12.7. The molecule has 6 heteroatoms. The Kier molecular flexibility index (Phi) is 2.57. The number of anilines is 1. The molecule has 2 N–H and O–H groups in total. The van der Waals surface area contributed by atoms with Crippen LogP contribution in [0.5, 0.6) is 5.75 Å². The van der Waals surface area contributed by atoms with Crippen LogP contribution in [0.25, 0.3) is 10.9 Å². The molecule has 0 amide bonds. The third kappa shape index (κ3) is 1.98. The summed E-state index contributed by atoms with van der Waals surface area (Å²) in [5.74, 6) is 0.310. The molecule has 1 aromatic heterocycles. The molecule has 0 atom stereocenters. The number of nitrogen functional groups attached to an aromatic ring is 1. The molecule has 0 aliphatic carbocycles. The van der Waals surface area contributed by atoms with Crippen LogP contribution in [0.3, 0.4) is 0 Å². The summed E-state index contributed by atoms with van der Waals surface area (Å²) in [5, 5.41) is -0.0294. The zero-order valence-electron chi connectivity index (χ0n) is 8.88. The lowest BCUT2D eigenvalue weighted by atomic mass is 10.1. The molecule has 0 aliphatic heterocycles. The second kappa shape index (κ2) is 3.80. The van der Waals surface area contributed by atoms with E-state index in [1.807, 2.05) is 0 Å². The van der Waals surface area contributed by atoms with Gasteiger partial charge in [0, 0.05) is 17.6 Å². The average Bonchev–Trinajstić information content (AvgIpc) is 2.26. The van der Waals surface area contributed by atoms with Gasteiger partial charge < -0.3 is 10.5 Å². The first-order chi connectivity index (χ1) is 7.93. The van der Waals surface area contributed by atoms with Gasteiger partial charge in [0.1, 0.15) is 5.75 Å². The fraction of sp³-hybridized carbons (Fsp3) is 0.182. The molecule has 90 valence electrons. The van der Waals surface area contributed by atoms with Crippen LogP contribution in [0.4, 0.5) is 18.9 Å². The molecule has 0 saturated carbocycles. The number of aromatic nitrogens is 1. The van der Waals surface area contributed by atoms with Crippen molar-refractivity contribution in [3.8, 4) is 5.75 Å². The van der Waals surface area contributed by atoms with Gasteiger partial charge in [0.2, 0.25) is 0 Å². The number of nitrogens with zero attached hydrogens (tertiary/aromatic N) is 1. The fourth-order valence-corrected chi connectivity index (χ4v) is 1.61. The minimum absolute atomic E-state index is 0.0294. The number of pyridine rings is 1. The van der Waals surface area contributed by atoms with Gasteiger partial charge in [-0.05, 0) is 12.1 Å². The number of alkyl halides is 3. The van der Waals surface area contributed by atoms with Crippen molar-refractivity contribution in [2.45, 2.75) is 6.18 Å². The van der Waals surface area contributed by atoms with Crippen LogP contribution < -0.4 is 10.5 Å². The highest BCUT2D eigenvalue weighted by atomic mass is 19.4. The molecule has 0 bridgehead atoms. The Morgan fingerprint density at radius 1 is 1.29 bits per heavy atom. The van der Waals surface area contributed by atoms with Crippen molar-refractivity contribution < 1.29 is 17.9 Å². The van der Waals surface area contributed by atoms with E-state index < -0.39 is 11.7 Å². The van der Waals surface area contributed by atoms with Gasteiger partial charge in [-0.15, -0.1) is 0 Å². The van der Waals surface area contributed by atoms with E-state index in [0.29, 0.717) is 5.75 Å². The summed E-state index contributed by atoms with van der Waals surface area (Å²) >= 11 is 0. The summed E-state index contributed by atoms with van der Waals surface area (Å²) < 4.78 is 43.1. The molecule has 3 nitrogen and oxygen atoms in total. The van der Waals surface area contributed by atoms with Gasteiger partial charge in [-0.3, -0.25) is 4.98 Å². The van der Waals surface area contributed by atoms with Gasteiger partial charge in [-0.1, -0.05) is 0 Å². The number of fused-ring (bicyclic) bond motifs is 1. The molecule has 17 heavy (non-hydrogen) atoms. The Hall–Kier alpha value is -1.98. The van der Waals surface area contributed by atoms with E-state index in [1.54, 1.807) is 0 Å². The number of benzene rings is 1. The second-order valence-electron chi connectivity index (χ2n) is 3.47. The number of nitrogens with two attached hydrogens (primary N) is 1. The molecule has 0 aliphatic rings. The van der Waals surface area contributed by atoms with Crippen molar-refractivity contribution in [3.05, 3.63) is 30.0 Å².